The molecule has 4 rings (SSSR count). The van der Waals surface area contributed by atoms with Crippen molar-refractivity contribution in [2.45, 2.75) is 37.1 Å². The van der Waals surface area contributed by atoms with E-state index in [2.05, 4.69) is 10.0 Å². The van der Waals surface area contributed by atoms with Crippen LogP contribution < -0.4 is 15.8 Å². The molecule has 156 valence electrons. The molecule has 0 heterocycles. The van der Waals surface area contributed by atoms with Gasteiger partial charge < -0.3 is 11.1 Å². The number of nitrogens with two attached hydrogens (primary N) is 1. The minimum atomic E-state index is -3.65. The number of fused-ring (bicyclic) bond motifs is 2. The monoisotopic (exact) mass is 435 g/mol. The molecule has 1 amide bonds. The van der Waals surface area contributed by atoms with Gasteiger partial charge in [0, 0.05) is 17.4 Å². The molecule has 2 bridgehead atoms. The van der Waals surface area contributed by atoms with E-state index in [9.17, 15) is 13.2 Å². The van der Waals surface area contributed by atoms with Crippen molar-refractivity contribution in [1.29, 1.82) is 0 Å². The maximum atomic E-state index is 12.6. The fraction of sp³-hybridized carbons (Fsp3) is 0.381. The first-order valence-corrected chi connectivity index (χ1v) is 11.1. The van der Waals surface area contributed by atoms with Crippen molar-refractivity contribution in [2.75, 3.05) is 10.0 Å². The van der Waals surface area contributed by atoms with Gasteiger partial charge in [-0.25, -0.2) is 8.42 Å². The standard InChI is InChI=1S/C21H25N3O3S.ClH/c1-13-2-10-18(11-3-13)28(26,27)24-17-8-6-16(7-9-17)23-21(25)19-14-4-5-15(12-14)20(19)22;/h2-3,6-11,14-15,19-20,24H,4-5,12,22H2,1H3,(H,23,25);1H. The van der Waals surface area contributed by atoms with Crippen LogP contribution in [-0.2, 0) is 14.8 Å². The number of halogens is 1. The van der Waals surface area contributed by atoms with Crippen molar-refractivity contribution in [3.63, 3.8) is 0 Å². The maximum Gasteiger partial charge on any atom is 0.261 e. The Balaban J connectivity index is 0.00000240. The van der Waals surface area contributed by atoms with E-state index in [0.29, 0.717) is 23.2 Å². The lowest BCUT2D eigenvalue weighted by molar-refractivity contribution is -0.121. The first-order chi connectivity index (χ1) is 13.3. The van der Waals surface area contributed by atoms with Gasteiger partial charge in [-0.2, -0.15) is 0 Å². The summed E-state index contributed by atoms with van der Waals surface area (Å²) in [5.41, 5.74) is 8.31. The molecule has 29 heavy (non-hydrogen) atoms. The summed E-state index contributed by atoms with van der Waals surface area (Å²) in [7, 11) is -3.65. The molecule has 4 N–H and O–H groups in total. The van der Waals surface area contributed by atoms with Gasteiger partial charge in [-0.1, -0.05) is 17.7 Å². The van der Waals surface area contributed by atoms with Crippen molar-refractivity contribution < 1.29 is 13.2 Å². The third kappa shape index (κ3) is 4.42. The fourth-order valence-corrected chi connectivity index (χ4v) is 5.56. The number of benzene rings is 2. The highest BCUT2D eigenvalue weighted by Gasteiger charge is 2.49. The maximum absolute atomic E-state index is 12.6. The molecule has 0 radical (unpaired) electrons. The second kappa shape index (κ2) is 8.34. The Morgan fingerprint density at radius 1 is 0.966 bits per heavy atom. The Morgan fingerprint density at radius 3 is 2.14 bits per heavy atom. The lowest BCUT2D eigenvalue weighted by Crippen LogP contribution is -2.42. The summed E-state index contributed by atoms with van der Waals surface area (Å²) in [6.45, 7) is 1.90. The quantitative estimate of drug-likeness (QED) is 0.668. The van der Waals surface area contributed by atoms with Gasteiger partial charge in [0.05, 0.1) is 10.8 Å². The third-order valence-corrected chi connectivity index (χ3v) is 7.42. The fourth-order valence-electron chi connectivity index (χ4n) is 4.50. The van der Waals surface area contributed by atoms with Gasteiger partial charge in [-0.05, 0) is 74.4 Å². The first kappa shape index (κ1) is 21.6. The number of aryl methyl sites for hydroxylation is 1. The summed E-state index contributed by atoms with van der Waals surface area (Å²) < 4.78 is 27.5. The number of hydrogen-bond donors (Lipinski definition) is 3. The van der Waals surface area contributed by atoms with Gasteiger partial charge in [-0.3, -0.25) is 9.52 Å². The van der Waals surface area contributed by atoms with Gasteiger partial charge in [0.15, 0.2) is 0 Å². The van der Waals surface area contributed by atoms with E-state index in [1.54, 1.807) is 48.5 Å². The predicted octanol–water partition coefficient (Wildman–Crippen LogP) is 3.53. The van der Waals surface area contributed by atoms with Crippen LogP contribution in [0.25, 0.3) is 0 Å². The van der Waals surface area contributed by atoms with E-state index >= 15 is 0 Å². The van der Waals surface area contributed by atoms with E-state index < -0.39 is 10.0 Å². The van der Waals surface area contributed by atoms with Gasteiger partial charge in [0.1, 0.15) is 0 Å². The van der Waals surface area contributed by atoms with Crippen LogP contribution in [0, 0.1) is 24.7 Å². The summed E-state index contributed by atoms with van der Waals surface area (Å²) in [5, 5.41) is 2.93. The van der Waals surface area contributed by atoms with Crippen molar-refractivity contribution >= 4 is 39.7 Å². The Kier molecular flexibility index (Phi) is 6.22. The number of nitrogens with one attached hydrogen (secondary N) is 2. The highest BCUT2D eigenvalue weighted by atomic mass is 35.5. The Labute approximate surface area is 177 Å². The molecular weight excluding hydrogens is 410 g/mol. The lowest BCUT2D eigenvalue weighted by Gasteiger charge is -2.27. The van der Waals surface area contributed by atoms with E-state index in [-0.39, 0.29) is 35.2 Å². The number of carbonyl (C=O) groups excluding carboxylic acids is 1. The molecule has 2 aliphatic rings. The average molecular weight is 436 g/mol. The van der Waals surface area contributed by atoms with Gasteiger partial charge >= 0.3 is 0 Å². The number of anilines is 2. The van der Waals surface area contributed by atoms with Gasteiger partial charge in [-0.15, -0.1) is 12.4 Å². The zero-order chi connectivity index (χ0) is 19.9. The summed E-state index contributed by atoms with van der Waals surface area (Å²) in [5.74, 6) is 0.700. The highest BCUT2D eigenvalue weighted by molar-refractivity contribution is 7.92. The molecule has 2 aromatic carbocycles. The molecular formula is C21H26ClN3O3S. The molecule has 4 unspecified atom stereocenters. The minimum Gasteiger partial charge on any atom is -0.327 e. The number of carbonyl (C=O) groups is 1. The molecule has 4 atom stereocenters. The molecule has 2 fully saturated rings. The van der Waals surface area contributed by atoms with Crippen LogP contribution in [0.2, 0.25) is 0 Å². The predicted molar refractivity (Wildman–Crippen MR) is 117 cm³/mol. The van der Waals surface area contributed by atoms with E-state index in [4.69, 9.17) is 5.73 Å². The van der Waals surface area contributed by atoms with Gasteiger partial charge in [0.2, 0.25) is 5.91 Å². The Morgan fingerprint density at radius 2 is 1.55 bits per heavy atom. The summed E-state index contributed by atoms with van der Waals surface area (Å²) in [6, 6.07) is 13.3. The normalized spacial score (nSPS) is 25.3. The van der Waals surface area contributed by atoms with E-state index in [0.717, 1.165) is 24.8 Å². The van der Waals surface area contributed by atoms with Crippen molar-refractivity contribution in [3.05, 3.63) is 54.1 Å². The topological polar surface area (TPSA) is 101 Å². The van der Waals surface area contributed by atoms with E-state index in [1.165, 1.54) is 0 Å². The van der Waals surface area contributed by atoms with Crippen molar-refractivity contribution in [2.24, 2.45) is 23.5 Å². The molecule has 8 heteroatoms. The molecule has 6 nitrogen and oxygen atoms in total. The molecule has 2 aromatic rings. The highest BCUT2D eigenvalue weighted by Crippen LogP contribution is 2.47. The molecule has 0 aromatic heterocycles. The zero-order valence-electron chi connectivity index (χ0n) is 16.2. The second-order valence-corrected chi connectivity index (χ2v) is 9.60. The molecule has 2 aliphatic carbocycles. The second-order valence-electron chi connectivity index (χ2n) is 7.92. The SMILES string of the molecule is Cc1ccc(S(=O)(=O)Nc2ccc(NC(=O)C3C4CCC(C4)C3N)cc2)cc1.Cl. The van der Waals surface area contributed by atoms with Crippen molar-refractivity contribution in [3.8, 4) is 0 Å². The minimum absolute atomic E-state index is 0. The number of hydrogen-bond acceptors (Lipinski definition) is 4. The molecule has 0 spiro atoms. The van der Waals surface area contributed by atoms with Crippen LogP contribution in [0.5, 0.6) is 0 Å². The Hall–Kier alpha value is -2.09. The van der Waals surface area contributed by atoms with Crippen LogP contribution in [0.1, 0.15) is 24.8 Å². The number of amides is 1. The smallest absolute Gasteiger partial charge is 0.261 e. The largest absolute Gasteiger partial charge is 0.327 e. The lowest BCUT2D eigenvalue weighted by atomic mass is 9.84. The molecule has 2 saturated carbocycles. The van der Waals surface area contributed by atoms with Crippen LogP contribution >= 0.6 is 12.4 Å². The molecule has 0 aliphatic heterocycles. The average Bonchev–Trinajstić information content (AvgIpc) is 3.24. The number of sulfonamides is 1. The zero-order valence-corrected chi connectivity index (χ0v) is 17.8. The summed E-state index contributed by atoms with van der Waals surface area (Å²) in [4.78, 5) is 12.8. The van der Waals surface area contributed by atoms with Gasteiger partial charge in [0.25, 0.3) is 10.0 Å². The number of rotatable bonds is 5. The summed E-state index contributed by atoms with van der Waals surface area (Å²) >= 11 is 0. The first-order valence-electron chi connectivity index (χ1n) is 9.59. The van der Waals surface area contributed by atoms with Crippen molar-refractivity contribution in [1.82, 2.24) is 0 Å². The van der Waals surface area contributed by atoms with Crippen LogP contribution in [0.3, 0.4) is 0 Å². The Bertz CT molecular complexity index is 975. The van der Waals surface area contributed by atoms with E-state index in [1.807, 2.05) is 6.92 Å². The molecule has 0 saturated heterocycles. The summed E-state index contributed by atoms with van der Waals surface area (Å²) in [6.07, 6.45) is 3.26. The third-order valence-electron chi connectivity index (χ3n) is 6.02. The van der Waals surface area contributed by atoms with Crippen LogP contribution in [-0.4, -0.2) is 20.4 Å². The van der Waals surface area contributed by atoms with Crippen LogP contribution in [0.4, 0.5) is 11.4 Å². The van der Waals surface area contributed by atoms with Crippen LogP contribution in [0.15, 0.2) is 53.4 Å².